The van der Waals surface area contributed by atoms with E-state index in [0.717, 1.165) is 6.42 Å². The molecule has 1 heterocycles. The molecule has 6 heteroatoms. The van der Waals surface area contributed by atoms with Crippen molar-refractivity contribution >= 4 is 23.3 Å². The van der Waals surface area contributed by atoms with Crippen LogP contribution >= 0.6 is 0 Å². The maximum absolute atomic E-state index is 11.9. The third kappa shape index (κ3) is 2.68. The van der Waals surface area contributed by atoms with Gasteiger partial charge in [0.1, 0.15) is 6.04 Å². The van der Waals surface area contributed by atoms with Gasteiger partial charge in [0.25, 0.3) is 0 Å². The number of hydrogen-bond donors (Lipinski definition) is 2. The van der Waals surface area contributed by atoms with Gasteiger partial charge in [-0.2, -0.15) is 0 Å². The second kappa shape index (κ2) is 5.81. The number of benzene rings is 1. The molecule has 1 atom stereocenters. The van der Waals surface area contributed by atoms with Gasteiger partial charge in [0.2, 0.25) is 5.91 Å². The Hall–Kier alpha value is -2.24. The van der Waals surface area contributed by atoms with E-state index in [1.165, 1.54) is 0 Å². The van der Waals surface area contributed by atoms with Crippen LogP contribution in [-0.2, 0) is 9.53 Å². The lowest BCUT2D eigenvalue weighted by molar-refractivity contribution is -0.127. The van der Waals surface area contributed by atoms with Crippen molar-refractivity contribution in [1.29, 1.82) is 0 Å². The van der Waals surface area contributed by atoms with Crippen LogP contribution in [0.3, 0.4) is 0 Å². The van der Waals surface area contributed by atoms with Crippen LogP contribution in [0.25, 0.3) is 0 Å². The van der Waals surface area contributed by atoms with E-state index in [9.17, 15) is 9.59 Å². The van der Waals surface area contributed by atoms with Crippen LogP contribution in [0.2, 0.25) is 0 Å². The molecule has 1 aromatic rings. The van der Waals surface area contributed by atoms with Gasteiger partial charge in [-0.1, -0.05) is 6.07 Å². The molecule has 0 radical (unpaired) electrons. The zero-order valence-electron chi connectivity index (χ0n) is 11.7. The Kier molecular flexibility index (Phi) is 4.12. The average molecular weight is 277 g/mol. The fourth-order valence-electron chi connectivity index (χ4n) is 2.22. The first-order chi connectivity index (χ1) is 9.54. The fourth-order valence-corrected chi connectivity index (χ4v) is 2.22. The first kappa shape index (κ1) is 14.2. The second-order valence-electron chi connectivity index (χ2n) is 4.73. The van der Waals surface area contributed by atoms with E-state index in [4.69, 9.17) is 10.5 Å². The Balaban J connectivity index is 2.19. The Morgan fingerprint density at radius 3 is 2.90 bits per heavy atom. The zero-order valence-corrected chi connectivity index (χ0v) is 11.7. The summed E-state index contributed by atoms with van der Waals surface area (Å²) in [5.41, 5.74) is 7.20. The number of nitrogens with zero attached hydrogens (tertiary/aromatic N) is 1. The number of rotatable bonds is 4. The normalized spacial score (nSPS) is 18.2. The number of anilines is 2. The van der Waals surface area contributed by atoms with E-state index in [2.05, 4.69) is 5.32 Å². The summed E-state index contributed by atoms with van der Waals surface area (Å²) in [7, 11) is 1.77. The van der Waals surface area contributed by atoms with Crippen LogP contribution in [0.4, 0.5) is 11.4 Å². The molecule has 1 aliphatic rings. The Morgan fingerprint density at radius 1 is 1.55 bits per heavy atom. The molecule has 2 rings (SSSR count). The average Bonchev–Trinajstić information content (AvgIpc) is 2.73. The molecule has 6 nitrogen and oxygen atoms in total. The van der Waals surface area contributed by atoms with Crippen molar-refractivity contribution in [3.05, 3.63) is 23.8 Å². The van der Waals surface area contributed by atoms with Crippen molar-refractivity contribution in [3.63, 3.8) is 0 Å². The molecular formula is C14H19N3O3. The first-order valence-corrected chi connectivity index (χ1v) is 6.61. The standard InChI is InChI=1S/C14H19N3O3/c1-3-20-14(19)9-5-4-6-10(12(9)15)16-11-7-8-17(2)13(11)18/h4-6,11,16H,3,7-8,15H2,1-2H3. The summed E-state index contributed by atoms with van der Waals surface area (Å²) in [5.74, 6) is -0.422. The number of nitrogen functional groups attached to an aromatic ring is 1. The lowest BCUT2D eigenvalue weighted by atomic mass is 10.1. The maximum atomic E-state index is 11.9. The molecule has 1 aliphatic heterocycles. The fraction of sp³-hybridized carbons (Fsp3) is 0.429. The van der Waals surface area contributed by atoms with Crippen molar-refractivity contribution in [2.24, 2.45) is 0 Å². The summed E-state index contributed by atoms with van der Waals surface area (Å²) in [6.45, 7) is 2.75. The van der Waals surface area contributed by atoms with Crippen LogP contribution in [0.5, 0.6) is 0 Å². The molecule has 0 aliphatic carbocycles. The van der Waals surface area contributed by atoms with E-state index < -0.39 is 5.97 Å². The number of ether oxygens (including phenoxy) is 1. The minimum Gasteiger partial charge on any atom is -0.462 e. The number of esters is 1. The smallest absolute Gasteiger partial charge is 0.340 e. The van der Waals surface area contributed by atoms with Crippen molar-refractivity contribution < 1.29 is 14.3 Å². The number of likely N-dealkylation sites (tertiary alicyclic amines) is 1. The molecule has 1 unspecified atom stereocenters. The summed E-state index contributed by atoms with van der Waals surface area (Å²) in [5, 5.41) is 3.10. The minimum atomic E-state index is -0.455. The van der Waals surface area contributed by atoms with Crippen molar-refractivity contribution in [2.45, 2.75) is 19.4 Å². The molecule has 1 aromatic carbocycles. The lowest BCUT2D eigenvalue weighted by Gasteiger charge is -2.16. The number of carbonyl (C=O) groups excluding carboxylic acids is 2. The quantitative estimate of drug-likeness (QED) is 0.635. The van der Waals surface area contributed by atoms with Gasteiger partial charge in [-0.15, -0.1) is 0 Å². The molecule has 0 saturated carbocycles. The van der Waals surface area contributed by atoms with Gasteiger partial charge in [-0.3, -0.25) is 4.79 Å². The zero-order chi connectivity index (χ0) is 14.7. The minimum absolute atomic E-state index is 0.0333. The third-order valence-electron chi connectivity index (χ3n) is 3.36. The van der Waals surface area contributed by atoms with Crippen molar-refractivity contribution in [1.82, 2.24) is 4.90 Å². The highest BCUT2D eigenvalue weighted by molar-refractivity contribution is 5.99. The molecule has 0 aromatic heterocycles. The van der Waals surface area contributed by atoms with Crippen molar-refractivity contribution in [2.75, 3.05) is 31.2 Å². The first-order valence-electron chi connectivity index (χ1n) is 6.61. The predicted molar refractivity (Wildman–Crippen MR) is 76.5 cm³/mol. The van der Waals surface area contributed by atoms with Crippen LogP contribution in [0.1, 0.15) is 23.7 Å². The number of likely N-dealkylation sites (N-methyl/N-ethyl adjacent to an activating group) is 1. The molecule has 1 amide bonds. The number of nitrogens with one attached hydrogen (secondary N) is 1. The number of nitrogens with two attached hydrogens (primary N) is 1. The monoisotopic (exact) mass is 277 g/mol. The summed E-state index contributed by atoms with van der Waals surface area (Å²) >= 11 is 0. The maximum Gasteiger partial charge on any atom is 0.340 e. The molecule has 20 heavy (non-hydrogen) atoms. The number of amides is 1. The largest absolute Gasteiger partial charge is 0.462 e. The van der Waals surface area contributed by atoms with E-state index in [0.29, 0.717) is 30.1 Å². The van der Waals surface area contributed by atoms with Gasteiger partial charge in [0.15, 0.2) is 0 Å². The van der Waals surface area contributed by atoms with Gasteiger partial charge in [0, 0.05) is 13.6 Å². The highest BCUT2D eigenvalue weighted by atomic mass is 16.5. The highest BCUT2D eigenvalue weighted by Crippen LogP contribution is 2.26. The SMILES string of the molecule is CCOC(=O)c1cccc(NC2CCN(C)C2=O)c1N. The lowest BCUT2D eigenvalue weighted by Crippen LogP contribution is -2.31. The van der Waals surface area contributed by atoms with E-state index >= 15 is 0 Å². The second-order valence-corrected chi connectivity index (χ2v) is 4.73. The van der Waals surface area contributed by atoms with Gasteiger partial charge in [0.05, 0.1) is 23.5 Å². The van der Waals surface area contributed by atoms with Crippen LogP contribution in [0.15, 0.2) is 18.2 Å². The van der Waals surface area contributed by atoms with Crippen molar-refractivity contribution in [3.8, 4) is 0 Å². The molecule has 3 N–H and O–H groups in total. The van der Waals surface area contributed by atoms with Gasteiger partial charge >= 0.3 is 5.97 Å². The van der Waals surface area contributed by atoms with E-state index in [1.54, 1.807) is 37.1 Å². The molecule has 0 bridgehead atoms. The predicted octanol–water partition coefficient (Wildman–Crippen LogP) is 1.09. The summed E-state index contributed by atoms with van der Waals surface area (Å²) in [4.78, 5) is 25.3. The van der Waals surface area contributed by atoms with Gasteiger partial charge in [-0.25, -0.2) is 4.79 Å². The molecule has 0 spiro atoms. The van der Waals surface area contributed by atoms with Crippen LogP contribution in [0, 0.1) is 0 Å². The summed E-state index contributed by atoms with van der Waals surface area (Å²) in [6, 6.07) is 4.79. The van der Waals surface area contributed by atoms with Gasteiger partial charge < -0.3 is 20.7 Å². The number of para-hydroxylation sites is 1. The Morgan fingerprint density at radius 2 is 2.30 bits per heavy atom. The molecular weight excluding hydrogens is 258 g/mol. The molecule has 108 valence electrons. The number of hydrogen-bond acceptors (Lipinski definition) is 5. The summed E-state index contributed by atoms with van der Waals surface area (Å²) in [6.07, 6.45) is 0.721. The molecule has 1 fully saturated rings. The number of carbonyl (C=O) groups is 2. The van der Waals surface area contributed by atoms with Gasteiger partial charge in [-0.05, 0) is 25.5 Å². The Labute approximate surface area is 117 Å². The van der Waals surface area contributed by atoms with Crippen LogP contribution < -0.4 is 11.1 Å². The van der Waals surface area contributed by atoms with E-state index in [-0.39, 0.29) is 11.9 Å². The highest BCUT2D eigenvalue weighted by Gasteiger charge is 2.29. The van der Waals surface area contributed by atoms with Crippen LogP contribution in [-0.4, -0.2) is 43.0 Å². The Bertz CT molecular complexity index is 530. The topological polar surface area (TPSA) is 84.7 Å². The summed E-state index contributed by atoms with van der Waals surface area (Å²) < 4.78 is 4.95. The third-order valence-corrected chi connectivity index (χ3v) is 3.36. The van der Waals surface area contributed by atoms with E-state index in [1.807, 2.05) is 0 Å². The molecule has 1 saturated heterocycles.